The topological polar surface area (TPSA) is 47.8 Å². The van der Waals surface area contributed by atoms with Crippen LogP contribution in [0, 0.1) is 0 Å². The fraction of sp³-hybridized carbons (Fsp3) is 0.182. The summed E-state index contributed by atoms with van der Waals surface area (Å²) in [6.45, 7) is 0. The number of Topliss-reactive ketones (excluding diaryl/α,β-unsaturated/α-hetero) is 1. The molecule has 17 heavy (non-hydrogen) atoms. The summed E-state index contributed by atoms with van der Waals surface area (Å²) in [6.07, 6.45) is 1.64. The molecule has 0 aliphatic rings. The van der Waals surface area contributed by atoms with E-state index in [1.165, 1.54) is 6.33 Å². The molecule has 6 heteroatoms. The molecule has 0 amide bonds. The average Bonchev–Trinajstić information content (AvgIpc) is 2.68. The van der Waals surface area contributed by atoms with Gasteiger partial charge in [0.25, 0.3) is 0 Å². The molecule has 0 saturated heterocycles. The number of halogens is 2. The molecule has 0 unspecified atom stereocenters. The first-order valence-electron chi connectivity index (χ1n) is 4.89. The number of aryl methyl sites for hydroxylation is 1. The van der Waals surface area contributed by atoms with Crippen molar-refractivity contribution >= 4 is 33.3 Å². The first kappa shape index (κ1) is 12.3. The van der Waals surface area contributed by atoms with Gasteiger partial charge in [0.05, 0.1) is 11.4 Å². The van der Waals surface area contributed by atoms with Crippen molar-refractivity contribution in [1.29, 1.82) is 0 Å². The average molecular weight is 315 g/mol. The van der Waals surface area contributed by atoms with Crippen LogP contribution in [0.2, 0.25) is 5.02 Å². The summed E-state index contributed by atoms with van der Waals surface area (Å²) in [5.41, 5.74) is 0.571. The fourth-order valence-corrected chi connectivity index (χ4v) is 1.82. The van der Waals surface area contributed by atoms with E-state index >= 15 is 0 Å². The Kier molecular flexibility index (Phi) is 3.59. The summed E-state index contributed by atoms with van der Waals surface area (Å²) in [5.74, 6) is 0.601. The van der Waals surface area contributed by atoms with Crippen LogP contribution in [0.3, 0.4) is 0 Å². The number of aromatic nitrogens is 3. The van der Waals surface area contributed by atoms with Gasteiger partial charge in [0.1, 0.15) is 12.2 Å². The third kappa shape index (κ3) is 2.73. The monoisotopic (exact) mass is 313 g/mol. The Balaban J connectivity index is 2.20. The standard InChI is InChI=1S/C11H9BrClN3O/c1-16-11(14-6-15-16)5-10(17)7-2-3-8(12)9(13)4-7/h2-4,6H,5H2,1H3. The zero-order valence-corrected chi connectivity index (χ0v) is 11.4. The van der Waals surface area contributed by atoms with E-state index in [0.29, 0.717) is 16.4 Å². The van der Waals surface area contributed by atoms with Crippen molar-refractivity contribution in [2.75, 3.05) is 0 Å². The molecule has 0 bridgehead atoms. The quantitative estimate of drug-likeness (QED) is 0.818. The number of carbonyl (C=O) groups excluding carboxylic acids is 1. The fourth-order valence-electron chi connectivity index (χ4n) is 1.40. The lowest BCUT2D eigenvalue weighted by atomic mass is 10.1. The summed E-state index contributed by atoms with van der Waals surface area (Å²) in [5, 5.41) is 4.44. The maximum absolute atomic E-state index is 12.0. The van der Waals surface area contributed by atoms with Crippen molar-refractivity contribution < 1.29 is 4.79 Å². The first-order valence-corrected chi connectivity index (χ1v) is 6.06. The number of nitrogens with zero attached hydrogens (tertiary/aromatic N) is 3. The van der Waals surface area contributed by atoms with Crippen molar-refractivity contribution in [3.63, 3.8) is 0 Å². The Morgan fingerprint density at radius 2 is 2.29 bits per heavy atom. The first-order chi connectivity index (χ1) is 8.08. The van der Waals surface area contributed by atoms with Crippen molar-refractivity contribution in [2.45, 2.75) is 6.42 Å². The lowest BCUT2D eigenvalue weighted by molar-refractivity contribution is 0.0989. The minimum Gasteiger partial charge on any atom is -0.294 e. The normalized spacial score (nSPS) is 10.5. The number of rotatable bonds is 3. The van der Waals surface area contributed by atoms with Crippen LogP contribution in [-0.4, -0.2) is 20.5 Å². The molecule has 0 aliphatic carbocycles. The molecule has 0 fully saturated rings. The van der Waals surface area contributed by atoms with E-state index in [1.807, 2.05) is 0 Å². The Hall–Kier alpha value is -1.20. The summed E-state index contributed by atoms with van der Waals surface area (Å²) in [6, 6.07) is 5.13. The Labute approximate surface area is 112 Å². The highest BCUT2D eigenvalue weighted by atomic mass is 79.9. The van der Waals surface area contributed by atoms with E-state index in [-0.39, 0.29) is 12.2 Å². The smallest absolute Gasteiger partial charge is 0.170 e. The van der Waals surface area contributed by atoms with Gasteiger partial charge in [-0.1, -0.05) is 17.7 Å². The van der Waals surface area contributed by atoms with Gasteiger partial charge in [-0.05, 0) is 28.1 Å². The highest BCUT2D eigenvalue weighted by Crippen LogP contribution is 2.23. The molecule has 0 spiro atoms. The molecule has 1 aromatic heterocycles. The highest BCUT2D eigenvalue weighted by molar-refractivity contribution is 9.10. The van der Waals surface area contributed by atoms with Crippen molar-refractivity contribution in [1.82, 2.24) is 14.8 Å². The summed E-state index contributed by atoms with van der Waals surface area (Å²) in [7, 11) is 1.75. The molecule has 0 radical (unpaired) electrons. The largest absolute Gasteiger partial charge is 0.294 e. The Morgan fingerprint density at radius 3 is 2.88 bits per heavy atom. The Morgan fingerprint density at radius 1 is 1.53 bits per heavy atom. The molecule has 0 N–H and O–H groups in total. The predicted molar refractivity (Wildman–Crippen MR) is 68.2 cm³/mol. The molecule has 4 nitrogen and oxygen atoms in total. The third-order valence-electron chi connectivity index (χ3n) is 2.37. The second-order valence-corrected chi connectivity index (χ2v) is 4.79. The number of hydrogen-bond donors (Lipinski definition) is 0. The maximum Gasteiger partial charge on any atom is 0.170 e. The van der Waals surface area contributed by atoms with Gasteiger partial charge in [-0.3, -0.25) is 9.48 Å². The van der Waals surface area contributed by atoms with Crippen LogP contribution < -0.4 is 0 Å². The molecular weight excluding hydrogens is 305 g/mol. The zero-order valence-electron chi connectivity index (χ0n) is 9.02. The van der Waals surface area contributed by atoms with E-state index in [2.05, 4.69) is 26.0 Å². The maximum atomic E-state index is 12.0. The molecule has 0 atom stereocenters. The van der Waals surface area contributed by atoms with Gasteiger partial charge in [0.2, 0.25) is 0 Å². The van der Waals surface area contributed by atoms with E-state index < -0.39 is 0 Å². The molecule has 2 rings (SSSR count). The van der Waals surface area contributed by atoms with Gasteiger partial charge in [0, 0.05) is 17.1 Å². The van der Waals surface area contributed by atoms with Gasteiger partial charge in [-0.25, -0.2) is 4.98 Å². The summed E-state index contributed by atoms with van der Waals surface area (Å²) < 4.78 is 2.35. The van der Waals surface area contributed by atoms with Crippen molar-refractivity contribution in [3.8, 4) is 0 Å². The van der Waals surface area contributed by atoms with Gasteiger partial charge in [-0.15, -0.1) is 0 Å². The van der Waals surface area contributed by atoms with E-state index in [9.17, 15) is 4.79 Å². The second-order valence-electron chi connectivity index (χ2n) is 3.53. The van der Waals surface area contributed by atoms with Gasteiger partial charge < -0.3 is 0 Å². The van der Waals surface area contributed by atoms with Gasteiger partial charge in [0.15, 0.2) is 5.78 Å². The minimum absolute atomic E-state index is 0.0319. The van der Waals surface area contributed by atoms with Gasteiger partial charge in [-0.2, -0.15) is 5.10 Å². The van der Waals surface area contributed by atoms with Crippen LogP contribution in [0.15, 0.2) is 29.0 Å². The number of hydrogen-bond acceptors (Lipinski definition) is 3. The van der Waals surface area contributed by atoms with E-state index in [4.69, 9.17) is 11.6 Å². The molecule has 1 aromatic carbocycles. The van der Waals surface area contributed by atoms with Crippen LogP contribution >= 0.6 is 27.5 Å². The summed E-state index contributed by atoms with van der Waals surface area (Å²) in [4.78, 5) is 16.0. The zero-order chi connectivity index (χ0) is 12.4. The SMILES string of the molecule is Cn1ncnc1CC(=O)c1ccc(Br)c(Cl)c1. The second kappa shape index (κ2) is 4.98. The van der Waals surface area contributed by atoms with E-state index in [0.717, 1.165) is 4.47 Å². The molecule has 1 heterocycles. The van der Waals surface area contributed by atoms with Crippen LogP contribution in [0.1, 0.15) is 16.2 Å². The van der Waals surface area contributed by atoms with Crippen molar-refractivity contribution in [3.05, 3.63) is 45.4 Å². The molecule has 0 aliphatic heterocycles. The lowest BCUT2D eigenvalue weighted by Crippen LogP contribution is -2.09. The molecule has 2 aromatic rings. The lowest BCUT2D eigenvalue weighted by Gasteiger charge is -2.02. The highest BCUT2D eigenvalue weighted by Gasteiger charge is 2.11. The molecule has 0 saturated carbocycles. The van der Waals surface area contributed by atoms with Crippen molar-refractivity contribution in [2.24, 2.45) is 7.05 Å². The number of benzene rings is 1. The molecular formula is C11H9BrClN3O. The van der Waals surface area contributed by atoms with Crippen LogP contribution in [0.25, 0.3) is 0 Å². The van der Waals surface area contributed by atoms with E-state index in [1.54, 1.807) is 29.9 Å². The van der Waals surface area contributed by atoms with Crippen LogP contribution in [-0.2, 0) is 13.5 Å². The van der Waals surface area contributed by atoms with Gasteiger partial charge >= 0.3 is 0 Å². The minimum atomic E-state index is -0.0319. The molecule has 88 valence electrons. The third-order valence-corrected chi connectivity index (χ3v) is 3.60. The predicted octanol–water partition coefficient (Wildman–Crippen LogP) is 2.66. The Bertz CT molecular complexity index is 568. The number of ketones is 1. The van der Waals surface area contributed by atoms with Crippen LogP contribution in [0.5, 0.6) is 0 Å². The summed E-state index contributed by atoms with van der Waals surface area (Å²) >= 11 is 9.22. The van der Waals surface area contributed by atoms with Crippen LogP contribution in [0.4, 0.5) is 0 Å². The number of carbonyl (C=O) groups is 1.